The Morgan fingerprint density at radius 2 is 1.81 bits per heavy atom. The lowest BCUT2D eigenvalue weighted by Gasteiger charge is -2.07. The van der Waals surface area contributed by atoms with E-state index in [1.54, 1.807) is 12.1 Å². The number of hydrogen-bond acceptors (Lipinski definition) is 2. The van der Waals surface area contributed by atoms with E-state index >= 15 is 0 Å². The average molecular weight is 347 g/mol. The van der Waals surface area contributed by atoms with Crippen LogP contribution in [0.3, 0.4) is 0 Å². The molecule has 0 atom stereocenters. The van der Waals surface area contributed by atoms with Crippen molar-refractivity contribution in [2.75, 3.05) is 5.33 Å². The Labute approximate surface area is 129 Å². The molecule has 0 bridgehead atoms. The number of benzene rings is 2. The molecule has 0 fully saturated rings. The highest BCUT2D eigenvalue weighted by molar-refractivity contribution is 9.09. The van der Waals surface area contributed by atoms with Crippen LogP contribution in [0.1, 0.15) is 5.56 Å². The molecule has 0 spiro atoms. The van der Waals surface area contributed by atoms with Crippen LogP contribution in [0.25, 0.3) is 22.1 Å². The molecule has 3 rings (SSSR count). The summed E-state index contributed by atoms with van der Waals surface area (Å²) < 4.78 is 18.3. The number of fused-ring (bicyclic) bond motifs is 1. The van der Waals surface area contributed by atoms with Crippen LogP contribution in [-0.2, 0) is 6.42 Å². The zero-order valence-corrected chi connectivity index (χ0v) is 12.7. The molecule has 0 radical (unpaired) electrons. The predicted octanol–water partition coefficient (Wildman–Crippen LogP) is 4.54. The molecule has 0 unspecified atom stereocenters. The second-order valence-electron chi connectivity index (χ2n) is 4.76. The number of aryl methyl sites for hydroxylation is 1. The van der Waals surface area contributed by atoms with Crippen LogP contribution in [0.2, 0.25) is 0 Å². The summed E-state index contributed by atoms with van der Waals surface area (Å²) >= 11 is 3.39. The molecule has 0 aliphatic rings. The van der Waals surface area contributed by atoms with Gasteiger partial charge in [0, 0.05) is 16.8 Å². The standard InChI is InChI=1S/C17H12BrFO2/c18-8-7-11-1-6-14-15(10-17(20)21-16(14)9-11)12-2-4-13(19)5-3-12/h1-6,9-10H,7-8H2. The fourth-order valence-corrected chi connectivity index (χ4v) is 2.80. The van der Waals surface area contributed by atoms with Crippen molar-refractivity contribution in [3.05, 3.63) is 70.3 Å². The van der Waals surface area contributed by atoms with Crippen LogP contribution in [0, 0.1) is 5.82 Å². The second-order valence-corrected chi connectivity index (χ2v) is 5.55. The van der Waals surface area contributed by atoms with Gasteiger partial charge in [0.25, 0.3) is 0 Å². The molecule has 2 nitrogen and oxygen atoms in total. The Balaban J connectivity index is 2.22. The third kappa shape index (κ3) is 2.90. The molecule has 1 heterocycles. The maximum Gasteiger partial charge on any atom is 0.336 e. The Morgan fingerprint density at radius 3 is 2.52 bits per heavy atom. The van der Waals surface area contributed by atoms with Crippen LogP contribution in [0.5, 0.6) is 0 Å². The molecular weight excluding hydrogens is 335 g/mol. The van der Waals surface area contributed by atoms with Crippen molar-refractivity contribution < 1.29 is 8.81 Å². The maximum absolute atomic E-state index is 13.0. The number of rotatable bonds is 3. The summed E-state index contributed by atoms with van der Waals surface area (Å²) in [7, 11) is 0. The van der Waals surface area contributed by atoms with E-state index in [1.807, 2.05) is 18.2 Å². The summed E-state index contributed by atoms with van der Waals surface area (Å²) in [6, 6.07) is 13.4. The van der Waals surface area contributed by atoms with Crippen molar-refractivity contribution in [1.82, 2.24) is 0 Å². The van der Waals surface area contributed by atoms with E-state index in [-0.39, 0.29) is 5.82 Å². The molecule has 0 N–H and O–H groups in total. The monoisotopic (exact) mass is 346 g/mol. The van der Waals surface area contributed by atoms with Crippen molar-refractivity contribution in [2.45, 2.75) is 6.42 Å². The summed E-state index contributed by atoms with van der Waals surface area (Å²) in [4.78, 5) is 11.8. The van der Waals surface area contributed by atoms with Gasteiger partial charge in [-0.15, -0.1) is 0 Å². The normalized spacial score (nSPS) is 11.0. The van der Waals surface area contributed by atoms with Crippen molar-refractivity contribution in [3.63, 3.8) is 0 Å². The molecule has 0 amide bonds. The average Bonchev–Trinajstić information content (AvgIpc) is 2.47. The van der Waals surface area contributed by atoms with E-state index in [4.69, 9.17) is 4.42 Å². The highest BCUT2D eigenvalue weighted by Gasteiger charge is 2.08. The zero-order chi connectivity index (χ0) is 14.8. The summed E-state index contributed by atoms with van der Waals surface area (Å²) in [5.41, 5.74) is 2.80. The smallest absolute Gasteiger partial charge is 0.336 e. The van der Waals surface area contributed by atoms with Crippen molar-refractivity contribution in [2.24, 2.45) is 0 Å². The van der Waals surface area contributed by atoms with Gasteiger partial charge < -0.3 is 4.42 Å². The molecule has 0 aliphatic carbocycles. The van der Waals surface area contributed by atoms with E-state index in [9.17, 15) is 9.18 Å². The van der Waals surface area contributed by atoms with Gasteiger partial charge in [-0.05, 0) is 41.3 Å². The van der Waals surface area contributed by atoms with Gasteiger partial charge in [0.2, 0.25) is 0 Å². The lowest BCUT2D eigenvalue weighted by Crippen LogP contribution is -1.99. The highest BCUT2D eigenvalue weighted by Crippen LogP contribution is 2.28. The topological polar surface area (TPSA) is 30.2 Å². The minimum absolute atomic E-state index is 0.300. The Morgan fingerprint density at radius 1 is 1.05 bits per heavy atom. The first-order valence-electron chi connectivity index (χ1n) is 6.56. The van der Waals surface area contributed by atoms with Crippen molar-refractivity contribution in [1.29, 1.82) is 0 Å². The fraction of sp³-hybridized carbons (Fsp3) is 0.118. The van der Waals surface area contributed by atoms with E-state index in [0.29, 0.717) is 5.58 Å². The van der Waals surface area contributed by atoms with Crippen LogP contribution in [-0.4, -0.2) is 5.33 Å². The first kappa shape index (κ1) is 14.0. The SMILES string of the molecule is O=c1cc(-c2ccc(F)cc2)c2ccc(CCBr)cc2o1. The van der Waals surface area contributed by atoms with Crippen LogP contribution >= 0.6 is 15.9 Å². The van der Waals surface area contributed by atoms with Gasteiger partial charge in [-0.1, -0.05) is 40.2 Å². The Bertz CT molecular complexity index is 838. The first-order valence-corrected chi connectivity index (χ1v) is 7.68. The van der Waals surface area contributed by atoms with E-state index in [2.05, 4.69) is 15.9 Å². The quantitative estimate of drug-likeness (QED) is 0.515. The maximum atomic E-state index is 13.0. The van der Waals surface area contributed by atoms with Gasteiger partial charge in [0.15, 0.2) is 0 Å². The summed E-state index contributed by atoms with van der Waals surface area (Å²) in [6.07, 6.45) is 0.862. The third-order valence-electron chi connectivity index (χ3n) is 3.35. The lowest BCUT2D eigenvalue weighted by atomic mass is 10.0. The molecule has 0 saturated carbocycles. The number of hydrogen-bond donors (Lipinski definition) is 0. The van der Waals surface area contributed by atoms with E-state index in [1.165, 1.54) is 18.2 Å². The molecule has 2 aromatic carbocycles. The second kappa shape index (κ2) is 5.82. The minimum atomic E-state index is -0.405. The summed E-state index contributed by atoms with van der Waals surface area (Å²) in [5.74, 6) is -0.300. The molecule has 21 heavy (non-hydrogen) atoms. The number of halogens is 2. The van der Waals surface area contributed by atoms with Crippen molar-refractivity contribution >= 4 is 26.9 Å². The van der Waals surface area contributed by atoms with Gasteiger partial charge in [-0.2, -0.15) is 0 Å². The van der Waals surface area contributed by atoms with Crippen LogP contribution < -0.4 is 5.63 Å². The molecule has 4 heteroatoms. The van der Waals surface area contributed by atoms with Gasteiger partial charge in [-0.3, -0.25) is 0 Å². The van der Waals surface area contributed by atoms with Gasteiger partial charge in [-0.25, -0.2) is 9.18 Å². The van der Waals surface area contributed by atoms with E-state index < -0.39 is 5.63 Å². The minimum Gasteiger partial charge on any atom is -0.423 e. The number of alkyl halides is 1. The van der Waals surface area contributed by atoms with Gasteiger partial charge in [0.05, 0.1) is 0 Å². The van der Waals surface area contributed by atoms with Gasteiger partial charge in [0.1, 0.15) is 11.4 Å². The molecular formula is C17H12BrFO2. The summed E-state index contributed by atoms with van der Waals surface area (Å²) in [5, 5.41) is 1.69. The summed E-state index contributed by atoms with van der Waals surface area (Å²) in [6.45, 7) is 0. The predicted molar refractivity (Wildman–Crippen MR) is 85.4 cm³/mol. The van der Waals surface area contributed by atoms with E-state index in [0.717, 1.165) is 33.8 Å². The Kier molecular flexibility index (Phi) is 3.88. The molecule has 0 aliphatic heterocycles. The lowest BCUT2D eigenvalue weighted by molar-refractivity contribution is 0.561. The first-order chi connectivity index (χ1) is 10.2. The van der Waals surface area contributed by atoms with Gasteiger partial charge >= 0.3 is 5.63 Å². The molecule has 1 aromatic heterocycles. The highest BCUT2D eigenvalue weighted by atomic mass is 79.9. The largest absolute Gasteiger partial charge is 0.423 e. The van der Waals surface area contributed by atoms with Crippen LogP contribution in [0.15, 0.2) is 57.7 Å². The molecule has 3 aromatic rings. The van der Waals surface area contributed by atoms with Crippen LogP contribution in [0.4, 0.5) is 4.39 Å². The fourth-order valence-electron chi connectivity index (χ4n) is 2.34. The molecule has 106 valence electrons. The zero-order valence-electron chi connectivity index (χ0n) is 11.1. The van der Waals surface area contributed by atoms with Crippen molar-refractivity contribution in [3.8, 4) is 11.1 Å². The molecule has 0 saturated heterocycles. The Hall–Kier alpha value is -1.94. The third-order valence-corrected chi connectivity index (χ3v) is 3.74.